The van der Waals surface area contributed by atoms with Crippen LogP contribution in [0.2, 0.25) is 0 Å². The van der Waals surface area contributed by atoms with Crippen LogP contribution in [0.1, 0.15) is 22.3 Å². The van der Waals surface area contributed by atoms with Gasteiger partial charge < -0.3 is 4.74 Å². The van der Waals surface area contributed by atoms with Gasteiger partial charge >= 0.3 is 0 Å². The molecule has 0 atom stereocenters. The van der Waals surface area contributed by atoms with E-state index in [2.05, 4.69) is 127 Å². The Labute approximate surface area is 278 Å². The van der Waals surface area contributed by atoms with Gasteiger partial charge in [0, 0.05) is 27.8 Å². The Kier molecular flexibility index (Phi) is 5.75. The highest BCUT2D eigenvalue weighted by Gasteiger charge is 2.51. The third kappa shape index (κ3) is 3.80. The van der Waals surface area contributed by atoms with E-state index < -0.39 is 5.41 Å². The minimum atomic E-state index is -0.568. The minimum absolute atomic E-state index is 0.568. The lowest BCUT2D eigenvalue weighted by Crippen LogP contribution is -2.32. The molecule has 48 heavy (non-hydrogen) atoms. The van der Waals surface area contributed by atoms with Gasteiger partial charge in [0.2, 0.25) is 0 Å². The van der Waals surface area contributed by atoms with Gasteiger partial charge in [-0.25, -0.2) is 15.0 Å². The molecule has 1 spiro atoms. The van der Waals surface area contributed by atoms with Crippen LogP contribution in [0.5, 0.6) is 11.5 Å². The second-order valence-corrected chi connectivity index (χ2v) is 12.3. The predicted octanol–water partition coefficient (Wildman–Crippen LogP) is 10.5. The average Bonchev–Trinajstić information content (AvgIpc) is 3.45. The summed E-state index contributed by atoms with van der Waals surface area (Å²) in [5, 5.41) is 2.24. The minimum Gasteiger partial charge on any atom is -0.457 e. The molecule has 224 valence electrons. The van der Waals surface area contributed by atoms with E-state index in [-0.39, 0.29) is 0 Å². The van der Waals surface area contributed by atoms with Gasteiger partial charge in [0.15, 0.2) is 17.5 Å². The maximum Gasteiger partial charge on any atom is 0.164 e. The number of benzene rings is 7. The molecule has 0 unspecified atom stereocenters. The molecule has 0 N–H and O–H groups in total. The van der Waals surface area contributed by atoms with Crippen molar-refractivity contribution in [1.82, 2.24) is 15.0 Å². The van der Waals surface area contributed by atoms with E-state index >= 15 is 0 Å². The Hall–Kier alpha value is -6.39. The molecular formula is C44H27N3O. The van der Waals surface area contributed by atoms with Crippen molar-refractivity contribution < 1.29 is 4.74 Å². The summed E-state index contributed by atoms with van der Waals surface area (Å²) in [7, 11) is 0. The smallest absolute Gasteiger partial charge is 0.164 e. The zero-order valence-corrected chi connectivity index (χ0v) is 25.8. The van der Waals surface area contributed by atoms with E-state index in [1.807, 2.05) is 36.4 Å². The van der Waals surface area contributed by atoms with E-state index in [1.165, 1.54) is 22.3 Å². The van der Waals surface area contributed by atoms with Gasteiger partial charge in [0.05, 0.1) is 5.41 Å². The van der Waals surface area contributed by atoms with Gasteiger partial charge in [-0.2, -0.15) is 0 Å². The van der Waals surface area contributed by atoms with Gasteiger partial charge in [-0.3, -0.25) is 0 Å². The molecule has 2 heterocycles. The molecule has 2 aliphatic rings. The summed E-state index contributed by atoms with van der Waals surface area (Å²) in [5.74, 6) is 3.59. The van der Waals surface area contributed by atoms with Crippen LogP contribution in [0.15, 0.2) is 164 Å². The number of aromatic nitrogens is 3. The molecule has 4 nitrogen and oxygen atoms in total. The van der Waals surface area contributed by atoms with Gasteiger partial charge in [-0.05, 0) is 57.3 Å². The first-order valence-corrected chi connectivity index (χ1v) is 16.2. The molecule has 0 bridgehead atoms. The summed E-state index contributed by atoms with van der Waals surface area (Å²) >= 11 is 0. The first kappa shape index (κ1) is 26.8. The van der Waals surface area contributed by atoms with Crippen LogP contribution in [0.3, 0.4) is 0 Å². The Morgan fingerprint density at radius 3 is 1.73 bits per heavy atom. The standard InChI is InChI=1S/C44H27N3O/c1-2-14-29(15-3-1)41-45-42(47-43(46-41)34-20-12-16-28-13-4-5-17-31(28)34)30-25-26-40-38(27-30)44(37-23-10-11-24-39(37)48-40)35-21-8-6-18-32(35)33-19-7-9-22-36(33)44/h1-27H. The fourth-order valence-electron chi connectivity index (χ4n) is 7.76. The third-order valence-electron chi connectivity index (χ3n) is 9.80. The fraction of sp³-hybridized carbons (Fsp3) is 0.0227. The summed E-state index contributed by atoms with van der Waals surface area (Å²) in [4.78, 5) is 15.3. The van der Waals surface area contributed by atoms with Crippen molar-refractivity contribution in [2.75, 3.05) is 0 Å². The van der Waals surface area contributed by atoms with Crippen LogP contribution >= 0.6 is 0 Å². The zero-order valence-electron chi connectivity index (χ0n) is 25.8. The van der Waals surface area contributed by atoms with Crippen LogP contribution in [0.4, 0.5) is 0 Å². The molecule has 1 aromatic heterocycles. The number of rotatable bonds is 3. The van der Waals surface area contributed by atoms with E-state index in [1.54, 1.807) is 0 Å². The Bertz CT molecular complexity index is 2510. The van der Waals surface area contributed by atoms with Crippen molar-refractivity contribution in [3.05, 3.63) is 186 Å². The summed E-state index contributed by atoms with van der Waals surface area (Å²) < 4.78 is 6.67. The largest absolute Gasteiger partial charge is 0.457 e. The third-order valence-corrected chi connectivity index (χ3v) is 9.80. The highest BCUT2D eigenvalue weighted by atomic mass is 16.5. The van der Waals surface area contributed by atoms with E-state index in [0.717, 1.165) is 50.1 Å². The molecule has 1 aliphatic heterocycles. The molecule has 10 rings (SSSR count). The van der Waals surface area contributed by atoms with E-state index in [9.17, 15) is 0 Å². The number of nitrogens with zero attached hydrogens (tertiary/aromatic N) is 3. The molecule has 8 aromatic rings. The van der Waals surface area contributed by atoms with Crippen LogP contribution in [-0.2, 0) is 5.41 Å². The molecule has 4 heteroatoms. The van der Waals surface area contributed by atoms with Crippen molar-refractivity contribution in [2.45, 2.75) is 5.41 Å². The van der Waals surface area contributed by atoms with Gasteiger partial charge in [-0.15, -0.1) is 0 Å². The maximum absolute atomic E-state index is 6.67. The summed E-state index contributed by atoms with van der Waals surface area (Å²) in [6.45, 7) is 0. The molecule has 0 saturated heterocycles. The molecule has 0 radical (unpaired) electrons. The quantitative estimate of drug-likeness (QED) is 0.199. The molecule has 0 amide bonds. The van der Waals surface area contributed by atoms with Crippen LogP contribution in [-0.4, -0.2) is 15.0 Å². The van der Waals surface area contributed by atoms with Crippen molar-refractivity contribution >= 4 is 10.8 Å². The van der Waals surface area contributed by atoms with Crippen LogP contribution < -0.4 is 4.74 Å². The highest BCUT2D eigenvalue weighted by Crippen LogP contribution is 2.62. The SMILES string of the molecule is c1ccc(-c2nc(-c3ccc4c(c3)C3(c5ccccc5O4)c4ccccc4-c4ccccc43)nc(-c3cccc4ccccc34)n2)cc1. The van der Waals surface area contributed by atoms with Gasteiger partial charge in [-0.1, -0.05) is 140 Å². The number of para-hydroxylation sites is 1. The molecule has 7 aromatic carbocycles. The molecule has 1 aliphatic carbocycles. The lowest BCUT2D eigenvalue weighted by atomic mass is 9.66. The Morgan fingerprint density at radius 1 is 0.375 bits per heavy atom. The normalized spacial score (nSPS) is 13.3. The molecular weight excluding hydrogens is 587 g/mol. The lowest BCUT2D eigenvalue weighted by molar-refractivity contribution is 0.436. The van der Waals surface area contributed by atoms with Gasteiger partial charge in [0.1, 0.15) is 11.5 Å². The highest BCUT2D eigenvalue weighted by molar-refractivity contribution is 5.95. The van der Waals surface area contributed by atoms with Crippen LogP contribution in [0.25, 0.3) is 56.1 Å². The van der Waals surface area contributed by atoms with E-state index in [4.69, 9.17) is 19.7 Å². The Balaban J connectivity index is 1.25. The van der Waals surface area contributed by atoms with Crippen molar-refractivity contribution in [1.29, 1.82) is 0 Å². The molecule has 0 fully saturated rings. The van der Waals surface area contributed by atoms with Gasteiger partial charge in [0.25, 0.3) is 0 Å². The number of hydrogen-bond acceptors (Lipinski definition) is 4. The topological polar surface area (TPSA) is 47.9 Å². The predicted molar refractivity (Wildman–Crippen MR) is 191 cm³/mol. The lowest BCUT2D eigenvalue weighted by Gasteiger charge is -2.39. The summed E-state index contributed by atoms with van der Waals surface area (Å²) in [6, 6.07) is 57.1. The first-order valence-electron chi connectivity index (χ1n) is 16.2. The second kappa shape index (κ2) is 10.3. The van der Waals surface area contributed by atoms with Crippen molar-refractivity contribution in [3.63, 3.8) is 0 Å². The number of hydrogen-bond donors (Lipinski definition) is 0. The summed E-state index contributed by atoms with van der Waals surface area (Å²) in [5.41, 5.74) is 9.42. The zero-order chi connectivity index (χ0) is 31.7. The van der Waals surface area contributed by atoms with E-state index in [0.29, 0.717) is 17.5 Å². The Morgan fingerprint density at radius 2 is 0.938 bits per heavy atom. The van der Waals surface area contributed by atoms with Crippen molar-refractivity contribution in [3.8, 4) is 56.8 Å². The molecule has 0 saturated carbocycles. The van der Waals surface area contributed by atoms with Crippen LogP contribution in [0, 0.1) is 0 Å². The number of fused-ring (bicyclic) bond motifs is 10. The monoisotopic (exact) mass is 613 g/mol. The van der Waals surface area contributed by atoms with Crippen molar-refractivity contribution in [2.24, 2.45) is 0 Å². The average molecular weight is 614 g/mol. The summed E-state index contributed by atoms with van der Waals surface area (Å²) in [6.07, 6.45) is 0. The number of ether oxygens (including phenoxy) is 1. The first-order chi connectivity index (χ1) is 23.8. The second-order valence-electron chi connectivity index (χ2n) is 12.3. The maximum atomic E-state index is 6.67. The fourth-order valence-corrected chi connectivity index (χ4v) is 7.76.